The van der Waals surface area contributed by atoms with E-state index in [1.807, 2.05) is 0 Å². The number of aromatic nitrogens is 4. The van der Waals surface area contributed by atoms with E-state index in [1.54, 1.807) is 59.6 Å². The monoisotopic (exact) mass is 754 g/mol. The van der Waals surface area contributed by atoms with Gasteiger partial charge in [-0.3, -0.25) is 4.79 Å². The summed E-state index contributed by atoms with van der Waals surface area (Å²) in [5.74, 6) is -1.52. The minimum Gasteiger partial charge on any atom is -0.490 e. The van der Waals surface area contributed by atoms with Crippen LogP contribution in [0.5, 0.6) is 5.75 Å². The zero-order chi connectivity index (χ0) is 38.1. The van der Waals surface area contributed by atoms with Crippen molar-refractivity contribution in [3.63, 3.8) is 0 Å². The molecule has 55 heavy (non-hydrogen) atoms. The number of ether oxygens (including phenoxy) is 1. The number of nitrogens with one attached hydrogen (secondary N) is 1. The second kappa shape index (κ2) is 13.3. The number of carbonyl (C=O) groups is 2. The molecule has 5 aliphatic rings. The van der Waals surface area contributed by atoms with Crippen LogP contribution in [0.25, 0.3) is 27.8 Å². The molecular weight excluding hydrogens is 716 g/mol. The largest absolute Gasteiger partial charge is 0.490 e. The van der Waals surface area contributed by atoms with Crippen molar-refractivity contribution in [2.75, 3.05) is 18.0 Å². The van der Waals surface area contributed by atoms with E-state index in [1.165, 1.54) is 18.2 Å². The van der Waals surface area contributed by atoms with E-state index >= 15 is 0 Å². The molecule has 5 aromatic rings. The van der Waals surface area contributed by atoms with Gasteiger partial charge in [0.25, 0.3) is 5.91 Å². The minimum absolute atomic E-state index is 0.0595. The van der Waals surface area contributed by atoms with Crippen LogP contribution in [0.1, 0.15) is 61.0 Å². The molecule has 10 rings (SSSR count). The number of carboxylic acid groups (broad SMARTS) is 1. The number of carbonyl (C=O) groups excluding carboxylic acids is 1. The van der Waals surface area contributed by atoms with Crippen molar-refractivity contribution in [1.29, 1.82) is 0 Å². The number of alkyl halides is 3. The molecule has 0 atom stereocenters. The Balaban J connectivity index is 1.05. The number of fused-ring (bicyclic) bond motifs is 1. The van der Waals surface area contributed by atoms with Crippen LogP contribution >= 0.6 is 0 Å². The second-order valence-corrected chi connectivity index (χ2v) is 15.4. The first kappa shape index (κ1) is 35.2. The lowest BCUT2D eigenvalue weighted by molar-refractivity contribution is -0.163. The van der Waals surface area contributed by atoms with Crippen molar-refractivity contribution in [2.45, 2.75) is 62.8 Å². The van der Waals surface area contributed by atoms with Gasteiger partial charge in [0.15, 0.2) is 5.69 Å². The van der Waals surface area contributed by atoms with Crippen molar-refractivity contribution in [3.05, 3.63) is 96.3 Å². The third-order valence-electron chi connectivity index (χ3n) is 12.2. The van der Waals surface area contributed by atoms with E-state index in [2.05, 4.69) is 25.2 Å². The smallest absolute Gasteiger partial charge is 0.434 e. The highest BCUT2D eigenvalue weighted by Gasteiger charge is 2.62. The topological polar surface area (TPSA) is 122 Å². The fraction of sp³-hybridized carbons (Fsp3) is 0.390. The van der Waals surface area contributed by atoms with Crippen molar-refractivity contribution < 1.29 is 37.0 Å². The Bertz CT molecular complexity index is 2260. The molecule has 4 aliphatic carbocycles. The number of piperidine rings is 1. The number of benzene rings is 2. The Morgan fingerprint density at radius 3 is 2.25 bits per heavy atom. The van der Waals surface area contributed by atoms with Crippen molar-refractivity contribution >= 4 is 28.7 Å². The maximum absolute atomic E-state index is 14.8. The van der Waals surface area contributed by atoms with Gasteiger partial charge in [0.05, 0.1) is 16.8 Å². The molecule has 284 valence electrons. The molecule has 4 heterocycles. The molecular formula is C41H38F4N6O4. The van der Waals surface area contributed by atoms with Crippen LogP contribution in [0.4, 0.5) is 23.5 Å². The summed E-state index contributed by atoms with van der Waals surface area (Å²) in [5.41, 5.74) is -2.52. The molecule has 0 unspecified atom stereocenters. The molecule has 3 aromatic heterocycles. The molecule has 0 radical (unpaired) electrons. The molecule has 2 aromatic carbocycles. The van der Waals surface area contributed by atoms with Gasteiger partial charge in [-0.2, -0.15) is 13.2 Å². The number of aliphatic carboxylic acids is 1. The fourth-order valence-corrected chi connectivity index (χ4v) is 9.94. The highest BCUT2D eigenvalue weighted by atomic mass is 19.4. The van der Waals surface area contributed by atoms with Gasteiger partial charge in [0.1, 0.15) is 23.2 Å². The molecule has 0 spiro atoms. The average molecular weight is 755 g/mol. The number of hydrogen-bond acceptors (Lipinski definition) is 7. The highest BCUT2D eigenvalue weighted by Crippen LogP contribution is 2.58. The van der Waals surface area contributed by atoms with Gasteiger partial charge in [-0.25, -0.2) is 24.1 Å². The second-order valence-electron chi connectivity index (χ2n) is 15.4. The Morgan fingerprint density at radius 1 is 0.891 bits per heavy atom. The molecule has 10 nitrogen and oxygen atoms in total. The van der Waals surface area contributed by atoms with E-state index in [4.69, 9.17) is 4.74 Å². The highest BCUT2D eigenvalue weighted by molar-refractivity contribution is 6.01. The predicted molar refractivity (Wildman–Crippen MR) is 194 cm³/mol. The third kappa shape index (κ3) is 6.24. The number of rotatable bonds is 8. The Morgan fingerprint density at radius 2 is 1.60 bits per heavy atom. The van der Waals surface area contributed by atoms with E-state index in [9.17, 15) is 32.3 Å². The summed E-state index contributed by atoms with van der Waals surface area (Å²) in [6.07, 6.45) is 4.85. The van der Waals surface area contributed by atoms with Crippen LogP contribution in [0.3, 0.4) is 0 Å². The van der Waals surface area contributed by atoms with Crippen LogP contribution in [-0.2, 0) is 11.0 Å². The molecule has 1 amide bonds. The molecule has 2 N–H and O–H groups in total. The number of hydrogen-bond donors (Lipinski definition) is 2. The van der Waals surface area contributed by atoms with E-state index in [-0.39, 0.29) is 23.6 Å². The van der Waals surface area contributed by atoms with E-state index in [0.29, 0.717) is 97.3 Å². The number of anilines is 1. The van der Waals surface area contributed by atoms with Gasteiger partial charge in [0.2, 0.25) is 5.95 Å². The SMILES string of the molecule is O=C(NC1(C(=O)O)C2CC3CC(C2)CC1C3)c1ccc(-c2cn(-c3cccc(F)c3)c3cc(OC4CCN(c5ncccn5)CC4)ccc23)nc1C(F)(F)F. The van der Waals surface area contributed by atoms with Crippen LogP contribution in [-0.4, -0.2) is 61.2 Å². The number of amides is 1. The van der Waals surface area contributed by atoms with Crippen LogP contribution in [0.2, 0.25) is 0 Å². The van der Waals surface area contributed by atoms with Crippen LogP contribution in [0.15, 0.2) is 79.3 Å². The minimum atomic E-state index is -5.03. The number of pyridine rings is 1. The molecule has 14 heteroatoms. The van der Waals surface area contributed by atoms with Gasteiger partial charge in [-0.1, -0.05) is 6.07 Å². The van der Waals surface area contributed by atoms with Crippen LogP contribution in [0, 0.1) is 29.5 Å². The molecule has 5 fully saturated rings. The summed E-state index contributed by atoms with van der Waals surface area (Å²) in [4.78, 5) is 41.5. The van der Waals surface area contributed by atoms with E-state index in [0.717, 1.165) is 12.5 Å². The first-order valence-electron chi connectivity index (χ1n) is 18.7. The zero-order valence-electron chi connectivity index (χ0n) is 29.7. The Hall–Kier alpha value is -5.53. The van der Waals surface area contributed by atoms with Gasteiger partial charge in [-0.15, -0.1) is 0 Å². The molecule has 4 bridgehead atoms. The van der Waals surface area contributed by atoms with Crippen molar-refractivity contribution in [3.8, 4) is 22.7 Å². The standard InChI is InChI=1S/C41H38F4N6O4/c42-27-3-1-4-28(20-27)51-22-33(31-6-5-30(21-35(31)51)55-29-9-13-50(14-10-29)39-46-11-2-12-47-39)34-8-7-32(36(48-34)41(43,44)45)37(52)49-40(38(53)54)25-16-23-15-24(18-25)19-26(40)17-23/h1-8,11-12,20-26,29H,9-10,13-19H2,(H,49,52)(H,53,54). The van der Waals surface area contributed by atoms with Gasteiger partial charge in [0, 0.05) is 67.2 Å². The van der Waals surface area contributed by atoms with E-state index < -0.39 is 40.7 Å². The first-order chi connectivity index (χ1) is 26.5. The molecule has 1 saturated heterocycles. The van der Waals surface area contributed by atoms with Gasteiger partial charge in [-0.05, 0) is 104 Å². The summed E-state index contributed by atoms with van der Waals surface area (Å²) in [7, 11) is 0. The number of halogens is 4. The lowest BCUT2D eigenvalue weighted by Crippen LogP contribution is -2.70. The lowest BCUT2D eigenvalue weighted by Gasteiger charge is -2.59. The first-order valence-corrected chi connectivity index (χ1v) is 18.7. The van der Waals surface area contributed by atoms with Gasteiger partial charge < -0.3 is 24.6 Å². The maximum atomic E-state index is 14.8. The Kier molecular flexibility index (Phi) is 8.54. The summed E-state index contributed by atoms with van der Waals surface area (Å²) in [6, 6.07) is 15.3. The quantitative estimate of drug-likeness (QED) is 0.155. The Labute approximate surface area is 313 Å². The summed E-state index contributed by atoms with van der Waals surface area (Å²) < 4.78 is 67.0. The average Bonchev–Trinajstić information content (AvgIpc) is 3.55. The normalized spacial score (nSPS) is 25.0. The van der Waals surface area contributed by atoms with Crippen molar-refractivity contribution in [2.24, 2.45) is 23.7 Å². The summed E-state index contributed by atoms with van der Waals surface area (Å²) >= 11 is 0. The number of nitrogens with zero attached hydrogens (tertiary/aromatic N) is 5. The summed E-state index contributed by atoms with van der Waals surface area (Å²) in [6.45, 7) is 1.39. The zero-order valence-corrected chi connectivity index (χ0v) is 29.7. The molecule has 4 saturated carbocycles. The predicted octanol–water partition coefficient (Wildman–Crippen LogP) is 7.70. The van der Waals surface area contributed by atoms with Gasteiger partial charge >= 0.3 is 12.1 Å². The number of carboxylic acids is 1. The fourth-order valence-electron chi connectivity index (χ4n) is 9.94. The lowest BCUT2D eigenvalue weighted by atomic mass is 9.48. The molecule has 1 aliphatic heterocycles. The van der Waals surface area contributed by atoms with Crippen LogP contribution < -0.4 is 15.0 Å². The third-order valence-corrected chi connectivity index (χ3v) is 12.2. The maximum Gasteiger partial charge on any atom is 0.434 e. The van der Waals surface area contributed by atoms with Crippen molar-refractivity contribution in [1.82, 2.24) is 24.8 Å². The summed E-state index contributed by atoms with van der Waals surface area (Å²) in [5, 5.41) is 13.7.